The zero-order valence-corrected chi connectivity index (χ0v) is 20.5. The summed E-state index contributed by atoms with van der Waals surface area (Å²) in [7, 11) is 1.67. The first-order valence-electron chi connectivity index (χ1n) is 11.0. The van der Waals surface area contributed by atoms with Crippen molar-refractivity contribution in [1.29, 1.82) is 0 Å². The van der Waals surface area contributed by atoms with Crippen LogP contribution in [0.25, 0.3) is 10.2 Å². The maximum atomic E-state index is 13.3. The van der Waals surface area contributed by atoms with Crippen LogP contribution in [0.4, 0.5) is 5.13 Å². The number of para-hydroxylation sites is 1. The predicted molar refractivity (Wildman–Crippen MR) is 137 cm³/mol. The number of fused-ring (bicyclic) bond motifs is 1. The number of aryl methyl sites for hydroxylation is 1. The maximum absolute atomic E-state index is 13.3. The highest BCUT2D eigenvalue weighted by atomic mass is 32.2. The van der Waals surface area contributed by atoms with E-state index in [2.05, 4.69) is 30.1 Å². The smallest absolute Gasteiger partial charge is 0.229 e. The Labute approximate surface area is 202 Å². The van der Waals surface area contributed by atoms with Crippen LogP contribution in [0.15, 0.2) is 71.9 Å². The molecule has 0 aliphatic carbocycles. The van der Waals surface area contributed by atoms with E-state index >= 15 is 0 Å². The Balaban J connectivity index is 1.46. The zero-order chi connectivity index (χ0) is 23.0. The van der Waals surface area contributed by atoms with Crippen molar-refractivity contribution in [3.8, 4) is 5.75 Å². The molecule has 33 heavy (non-hydrogen) atoms. The average molecular weight is 478 g/mol. The lowest BCUT2D eigenvalue weighted by atomic mass is 10.1. The van der Waals surface area contributed by atoms with Gasteiger partial charge in [0.15, 0.2) is 5.13 Å². The zero-order valence-electron chi connectivity index (χ0n) is 18.9. The number of thioether (sulfide) groups is 1. The molecule has 0 unspecified atom stereocenters. The summed E-state index contributed by atoms with van der Waals surface area (Å²) >= 11 is 3.33. The molecule has 0 saturated carbocycles. The van der Waals surface area contributed by atoms with Crippen LogP contribution in [0, 0.1) is 0 Å². The van der Waals surface area contributed by atoms with Crippen LogP contribution >= 0.6 is 23.1 Å². The van der Waals surface area contributed by atoms with E-state index in [0.717, 1.165) is 45.3 Å². The van der Waals surface area contributed by atoms with E-state index in [0.29, 0.717) is 13.0 Å². The van der Waals surface area contributed by atoms with E-state index in [9.17, 15) is 4.79 Å². The number of anilines is 1. The van der Waals surface area contributed by atoms with E-state index in [1.807, 2.05) is 47.5 Å². The highest BCUT2D eigenvalue weighted by molar-refractivity contribution is 7.99. The molecular weight excluding hydrogens is 450 g/mol. The molecule has 0 fully saturated rings. The molecule has 4 rings (SSSR count). The van der Waals surface area contributed by atoms with Crippen LogP contribution in [0.5, 0.6) is 5.75 Å². The Morgan fingerprint density at radius 1 is 1.12 bits per heavy atom. The lowest BCUT2D eigenvalue weighted by molar-refractivity contribution is -0.118. The first kappa shape index (κ1) is 23.3. The monoisotopic (exact) mass is 477 g/mol. The van der Waals surface area contributed by atoms with Gasteiger partial charge in [0.05, 0.1) is 23.9 Å². The van der Waals surface area contributed by atoms with Crippen molar-refractivity contribution in [1.82, 2.24) is 9.97 Å². The van der Waals surface area contributed by atoms with E-state index < -0.39 is 0 Å². The molecule has 5 nitrogen and oxygen atoms in total. The normalized spacial score (nSPS) is 11.0. The van der Waals surface area contributed by atoms with Crippen LogP contribution in [-0.4, -0.2) is 28.7 Å². The molecule has 2 heterocycles. The highest BCUT2D eigenvalue weighted by Crippen LogP contribution is 2.32. The van der Waals surface area contributed by atoms with Gasteiger partial charge in [-0.3, -0.25) is 14.7 Å². The van der Waals surface area contributed by atoms with Crippen molar-refractivity contribution >= 4 is 44.4 Å². The number of aromatic nitrogens is 2. The molecule has 0 spiro atoms. The van der Waals surface area contributed by atoms with Crippen LogP contribution in [-0.2, 0) is 17.8 Å². The number of pyridine rings is 1. The van der Waals surface area contributed by atoms with Gasteiger partial charge in [0.25, 0.3) is 0 Å². The summed E-state index contributed by atoms with van der Waals surface area (Å²) in [5, 5.41) is 0.752. The SMILES string of the molecule is CCc1cccc2sc(N(Cc3cccnc3)C(=O)CCCSc3ccc(OC)cc3)nc12. The summed E-state index contributed by atoms with van der Waals surface area (Å²) in [5.41, 5.74) is 3.20. The molecule has 1 amide bonds. The number of thiazole rings is 1. The fourth-order valence-corrected chi connectivity index (χ4v) is 5.43. The van der Waals surface area contributed by atoms with Gasteiger partial charge in [0.2, 0.25) is 5.91 Å². The quantitative estimate of drug-likeness (QED) is 0.196. The van der Waals surface area contributed by atoms with E-state index in [-0.39, 0.29) is 5.91 Å². The Bertz CT molecular complexity index is 1190. The predicted octanol–water partition coefficient (Wildman–Crippen LogP) is 6.37. The third-order valence-corrected chi connectivity index (χ3v) is 7.47. The molecule has 0 N–H and O–H groups in total. The summed E-state index contributed by atoms with van der Waals surface area (Å²) < 4.78 is 6.33. The fraction of sp³-hybridized carbons (Fsp3) is 0.269. The van der Waals surface area contributed by atoms with Crippen molar-refractivity contribution in [3.05, 3.63) is 78.1 Å². The van der Waals surface area contributed by atoms with Crippen molar-refractivity contribution in [3.63, 3.8) is 0 Å². The van der Waals surface area contributed by atoms with E-state index in [4.69, 9.17) is 9.72 Å². The van der Waals surface area contributed by atoms with Crippen molar-refractivity contribution in [2.75, 3.05) is 17.8 Å². The number of amides is 1. The molecule has 2 aromatic heterocycles. The Hall–Kier alpha value is -2.90. The minimum absolute atomic E-state index is 0.0892. The summed E-state index contributed by atoms with van der Waals surface area (Å²) in [4.78, 5) is 25.4. The second kappa shape index (κ2) is 11.3. The molecule has 7 heteroatoms. The molecule has 170 valence electrons. The van der Waals surface area contributed by atoms with Gasteiger partial charge in [-0.2, -0.15) is 0 Å². The average Bonchev–Trinajstić information content (AvgIpc) is 3.30. The second-order valence-corrected chi connectivity index (χ2v) is 9.76. The summed E-state index contributed by atoms with van der Waals surface area (Å²) in [6.07, 6.45) is 5.74. The first-order chi connectivity index (χ1) is 16.2. The van der Waals surface area contributed by atoms with Gasteiger partial charge in [-0.15, -0.1) is 11.8 Å². The van der Waals surface area contributed by atoms with Crippen LogP contribution < -0.4 is 9.64 Å². The minimum atomic E-state index is 0.0892. The number of methoxy groups -OCH3 is 1. The van der Waals surface area contributed by atoms with Crippen LogP contribution in [0.1, 0.15) is 30.9 Å². The number of hydrogen-bond acceptors (Lipinski definition) is 6. The second-order valence-electron chi connectivity index (χ2n) is 7.58. The van der Waals surface area contributed by atoms with Crippen LogP contribution in [0.2, 0.25) is 0 Å². The molecule has 0 atom stereocenters. The molecule has 0 aliphatic heterocycles. The molecule has 0 radical (unpaired) electrons. The topological polar surface area (TPSA) is 55.3 Å². The largest absolute Gasteiger partial charge is 0.497 e. The number of ether oxygens (including phenoxy) is 1. The Kier molecular flexibility index (Phi) is 7.96. The fourth-order valence-electron chi connectivity index (χ4n) is 3.55. The van der Waals surface area contributed by atoms with Crippen LogP contribution in [0.3, 0.4) is 0 Å². The van der Waals surface area contributed by atoms with Crippen molar-refractivity contribution in [2.45, 2.75) is 37.6 Å². The molecule has 2 aromatic carbocycles. The third kappa shape index (κ3) is 5.92. The first-order valence-corrected chi connectivity index (χ1v) is 12.8. The molecule has 0 aliphatic rings. The molecule has 0 bridgehead atoms. The van der Waals surface area contributed by atoms with Crippen molar-refractivity contribution in [2.24, 2.45) is 0 Å². The summed E-state index contributed by atoms with van der Waals surface area (Å²) in [5.74, 6) is 1.81. The van der Waals surface area contributed by atoms with Gasteiger partial charge < -0.3 is 4.74 Å². The van der Waals surface area contributed by atoms with Gasteiger partial charge in [-0.25, -0.2) is 4.98 Å². The van der Waals surface area contributed by atoms with E-state index in [1.165, 1.54) is 10.5 Å². The number of benzene rings is 2. The molecule has 0 saturated heterocycles. The van der Waals surface area contributed by atoms with Gasteiger partial charge in [-0.1, -0.05) is 36.5 Å². The number of rotatable bonds is 10. The maximum Gasteiger partial charge on any atom is 0.229 e. The summed E-state index contributed by atoms with van der Waals surface area (Å²) in [6, 6.07) is 18.2. The van der Waals surface area contributed by atoms with Gasteiger partial charge in [0.1, 0.15) is 5.75 Å². The molecule has 4 aromatic rings. The van der Waals surface area contributed by atoms with Gasteiger partial charge in [-0.05, 0) is 66.1 Å². The Morgan fingerprint density at radius 2 is 1.97 bits per heavy atom. The van der Waals surface area contributed by atoms with Crippen molar-refractivity contribution < 1.29 is 9.53 Å². The highest BCUT2D eigenvalue weighted by Gasteiger charge is 2.21. The number of nitrogens with zero attached hydrogens (tertiary/aromatic N) is 3. The number of carbonyl (C=O) groups is 1. The number of hydrogen-bond donors (Lipinski definition) is 0. The lowest BCUT2D eigenvalue weighted by Gasteiger charge is -2.20. The molecular formula is C26H27N3O2S2. The third-order valence-electron chi connectivity index (χ3n) is 5.33. The minimum Gasteiger partial charge on any atom is -0.497 e. The van der Waals surface area contributed by atoms with Gasteiger partial charge in [0, 0.05) is 23.7 Å². The lowest BCUT2D eigenvalue weighted by Crippen LogP contribution is -2.30. The summed E-state index contributed by atoms with van der Waals surface area (Å²) in [6.45, 7) is 2.60. The number of carbonyl (C=O) groups excluding carboxylic acids is 1. The van der Waals surface area contributed by atoms with E-state index in [1.54, 1.807) is 36.4 Å². The van der Waals surface area contributed by atoms with Gasteiger partial charge >= 0.3 is 0 Å². The Morgan fingerprint density at radius 3 is 2.70 bits per heavy atom. The standard InChI is InChI=1S/C26H27N3O2S2/c1-3-20-8-4-9-23-25(20)28-26(33-23)29(18-19-7-5-15-27-17-19)24(30)10-6-16-32-22-13-11-21(31-2)12-14-22/h4-5,7-9,11-15,17H,3,6,10,16,18H2,1-2H3.